The van der Waals surface area contributed by atoms with Crippen molar-refractivity contribution >= 4 is 12.7 Å². The molecule has 0 amide bonds. The first-order valence-electron chi connectivity index (χ1n) is 7.58. The molecule has 24 heavy (non-hydrogen) atoms. The fourth-order valence-corrected chi connectivity index (χ4v) is 2.50. The number of H-pyrrole nitrogens is 1. The highest BCUT2D eigenvalue weighted by Gasteiger charge is 2.52. The van der Waals surface area contributed by atoms with Gasteiger partial charge in [-0.05, 0) is 33.8 Å². The van der Waals surface area contributed by atoms with Crippen LogP contribution in [-0.2, 0) is 15.5 Å². The van der Waals surface area contributed by atoms with Crippen LogP contribution in [0.25, 0.3) is 11.4 Å². The minimum Gasteiger partial charge on any atom is -0.398 e. The minimum absolute atomic E-state index is 0.00670. The van der Waals surface area contributed by atoms with Gasteiger partial charge < -0.3 is 14.3 Å². The number of halogens is 3. The summed E-state index contributed by atoms with van der Waals surface area (Å²) in [5.41, 5.74) is -1.33. The van der Waals surface area contributed by atoms with E-state index in [-0.39, 0.29) is 11.4 Å². The summed E-state index contributed by atoms with van der Waals surface area (Å²) >= 11 is 0. The summed E-state index contributed by atoms with van der Waals surface area (Å²) in [7, 11) is -0.700. The minimum atomic E-state index is -4.45. The summed E-state index contributed by atoms with van der Waals surface area (Å²) in [5.74, 6) is 0.132. The fourth-order valence-electron chi connectivity index (χ4n) is 2.50. The van der Waals surface area contributed by atoms with Crippen LogP contribution in [0.3, 0.4) is 0 Å². The second-order valence-corrected chi connectivity index (χ2v) is 6.82. The Bertz CT molecular complexity index is 740. The third-order valence-electron chi connectivity index (χ3n) is 4.59. The normalized spacial score (nSPS) is 19.7. The molecule has 1 fully saturated rings. The number of nitrogens with zero attached hydrogens (tertiary/aromatic N) is 1. The van der Waals surface area contributed by atoms with Crippen molar-refractivity contribution < 1.29 is 22.5 Å². The van der Waals surface area contributed by atoms with E-state index < -0.39 is 30.1 Å². The van der Waals surface area contributed by atoms with Crippen molar-refractivity contribution in [2.24, 2.45) is 0 Å². The number of hydrogen-bond donors (Lipinski definition) is 1. The van der Waals surface area contributed by atoms with Crippen LogP contribution in [0, 0.1) is 0 Å². The number of nitrogens with one attached hydrogen (secondary N) is 1. The molecule has 1 aromatic heterocycles. The molecule has 0 radical (unpaired) electrons. The number of imidazole rings is 1. The van der Waals surface area contributed by atoms with Gasteiger partial charge >= 0.3 is 13.3 Å². The lowest BCUT2D eigenvalue weighted by Crippen LogP contribution is -2.41. The summed E-state index contributed by atoms with van der Waals surface area (Å²) in [6.07, 6.45) is -3.00. The smallest absolute Gasteiger partial charge is 0.398 e. The zero-order valence-electron chi connectivity index (χ0n) is 13.9. The van der Waals surface area contributed by atoms with E-state index in [1.54, 1.807) is 6.07 Å². The Hall–Kier alpha value is -1.80. The quantitative estimate of drug-likeness (QED) is 0.854. The molecule has 1 N–H and O–H groups in total. The molecule has 3 rings (SSSR count). The summed E-state index contributed by atoms with van der Waals surface area (Å²) < 4.78 is 51.2. The predicted molar refractivity (Wildman–Crippen MR) is 84.7 cm³/mol. The van der Waals surface area contributed by atoms with Crippen LogP contribution in [0.2, 0.25) is 0 Å². The van der Waals surface area contributed by atoms with Gasteiger partial charge in [0.25, 0.3) is 0 Å². The van der Waals surface area contributed by atoms with Crippen LogP contribution in [0.1, 0.15) is 33.3 Å². The highest BCUT2D eigenvalue weighted by molar-refractivity contribution is 6.61. The van der Waals surface area contributed by atoms with E-state index in [9.17, 15) is 13.2 Å². The summed E-state index contributed by atoms with van der Waals surface area (Å²) in [5, 5.41) is 0. The zero-order chi connectivity index (χ0) is 17.8. The fraction of sp³-hybridized carbons (Fsp3) is 0.438. The Kier molecular flexibility index (Phi) is 3.80. The first kappa shape index (κ1) is 17.0. The van der Waals surface area contributed by atoms with Crippen LogP contribution < -0.4 is 5.59 Å². The van der Waals surface area contributed by atoms with E-state index in [2.05, 4.69) is 9.97 Å². The molecule has 0 spiro atoms. The van der Waals surface area contributed by atoms with Gasteiger partial charge in [-0.25, -0.2) is 4.98 Å². The van der Waals surface area contributed by atoms with Crippen LogP contribution in [-0.4, -0.2) is 28.3 Å². The van der Waals surface area contributed by atoms with Gasteiger partial charge in [-0.3, -0.25) is 0 Å². The van der Waals surface area contributed by atoms with Gasteiger partial charge in [-0.15, -0.1) is 0 Å². The largest absolute Gasteiger partial charge is 0.513 e. The average molecular weight is 338 g/mol. The Balaban J connectivity index is 1.94. The standard InChI is InChI=1S/C16H18BF3N2O2/c1-14(2)15(3,4)24-17(23-14)12-9-21-13(22-12)10-7-5-6-8-11(10)16(18,19)20/h5-9H,1-4H3,(H,21,22). The van der Waals surface area contributed by atoms with E-state index in [1.165, 1.54) is 18.3 Å². The van der Waals surface area contributed by atoms with Gasteiger partial charge in [0, 0.05) is 11.8 Å². The molecule has 0 saturated carbocycles. The van der Waals surface area contributed by atoms with Gasteiger partial charge in [-0.2, -0.15) is 13.2 Å². The molecule has 2 heterocycles. The Labute approximate surface area is 138 Å². The van der Waals surface area contributed by atoms with Gasteiger partial charge in [0.2, 0.25) is 0 Å². The third kappa shape index (κ3) is 2.84. The molecule has 0 bridgehead atoms. The summed E-state index contributed by atoms with van der Waals surface area (Å²) in [6.45, 7) is 7.62. The topological polar surface area (TPSA) is 47.1 Å². The van der Waals surface area contributed by atoms with E-state index in [0.717, 1.165) is 6.07 Å². The lowest BCUT2D eigenvalue weighted by molar-refractivity contribution is -0.137. The molecule has 0 unspecified atom stereocenters. The van der Waals surface area contributed by atoms with Crippen LogP contribution in [0.5, 0.6) is 0 Å². The highest BCUT2D eigenvalue weighted by Crippen LogP contribution is 2.37. The number of alkyl halides is 3. The van der Waals surface area contributed by atoms with Crippen molar-refractivity contribution in [3.8, 4) is 11.4 Å². The van der Waals surface area contributed by atoms with Gasteiger partial charge in [0.05, 0.1) is 22.4 Å². The molecular weight excluding hydrogens is 320 g/mol. The van der Waals surface area contributed by atoms with Crippen molar-refractivity contribution in [1.29, 1.82) is 0 Å². The molecule has 1 aliphatic rings. The van der Waals surface area contributed by atoms with Crippen molar-refractivity contribution in [3.63, 3.8) is 0 Å². The number of hydrogen-bond acceptors (Lipinski definition) is 3. The van der Waals surface area contributed by atoms with Gasteiger partial charge in [0.15, 0.2) is 0 Å². The average Bonchev–Trinajstić information content (AvgIpc) is 3.01. The van der Waals surface area contributed by atoms with E-state index in [1.807, 2.05) is 27.7 Å². The molecule has 1 aliphatic heterocycles. The van der Waals surface area contributed by atoms with Crippen LogP contribution in [0.15, 0.2) is 30.5 Å². The maximum absolute atomic E-state index is 13.2. The highest BCUT2D eigenvalue weighted by atomic mass is 19.4. The van der Waals surface area contributed by atoms with Crippen LogP contribution >= 0.6 is 0 Å². The van der Waals surface area contributed by atoms with Crippen molar-refractivity contribution in [3.05, 3.63) is 36.0 Å². The lowest BCUT2D eigenvalue weighted by atomic mass is 9.86. The molecule has 1 aromatic carbocycles. The SMILES string of the molecule is CC1(C)OB(c2cnc(-c3ccccc3C(F)(F)F)[nH]2)OC1(C)C. The van der Waals surface area contributed by atoms with Gasteiger partial charge in [-0.1, -0.05) is 18.2 Å². The summed E-state index contributed by atoms with van der Waals surface area (Å²) in [4.78, 5) is 6.98. The Morgan fingerprint density at radius 1 is 1.04 bits per heavy atom. The maximum Gasteiger partial charge on any atom is 0.513 e. The maximum atomic E-state index is 13.2. The zero-order valence-corrected chi connectivity index (χ0v) is 13.9. The van der Waals surface area contributed by atoms with Crippen LogP contribution in [0.4, 0.5) is 13.2 Å². The lowest BCUT2D eigenvalue weighted by Gasteiger charge is -2.32. The monoisotopic (exact) mass is 338 g/mol. The van der Waals surface area contributed by atoms with Crippen molar-refractivity contribution in [1.82, 2.24) is 9.97 Å². The van der Waals surface area contributed by atoms with E-state index >= 15 is 0 Å². The first-order chi connectivity index (χ1) is 11.0. The second kappa shape index (κ2) is 5.36. The molecule has 8 heteroatoms. The number of benzene rings is 1. The Morgan fingerprint density at radius 2 is 1.62 bits per heavy atom. The molecular formula is C16H18BF3N2O2. The van der Waals surface area contributed by atoms with E-state index in [0.29, 0.717) is 5.59 Å². The second-order valence-electron chi connectivity index (χ2n) is 6.82. The molecule has 128 valence electrons. The number of aromatic nitrogens is 2. The summed E-state index contributed by atoms with van der Waals surface area (Å²) in [6, 6.07) is 5.31. The number of aromatic amines is 1. The van der Waals surface area contributed by atoms with E-state index in [4.69, 9.17) is 9.31 Å². The Morgan fingerprint density at radius 3 is 2.21 bits per heavy atom. The first-order valence-corrected chi connectivity index (χ1v) is 7.58. The number of rotatable bonds is 2. The van der Waals surface area contributed by atoms with Crippen molar-refractivity contribution in [2.45, 2.75) is 45.1 Å². The molecule has 0 aliphatic carbocycles. The molecule has 1 saturated heterocycles. The predicted octanol–water partition coefficient (Wildman–Crippen LogP) is 3.39. The third-order valence-corrected chi connectivity index (χ3v) is 4.59. The van der Waals surface area contributed by atoms with Gasteiger partial charge in [0.1, 0.15) is 5.82 Å². The molecule has 2 aromatic rings. The van der Waals surface area contributed by atoms with Crippen molar-refractivity contribution in [2.75, 3.05) is 0 Å². The molecule has 0 atom stereocenters. The molecule has 4 nitrogen and oxygen atoms in total.